The molecule has 7 aromatic carbocycles. The minimum absolute atomic E-state index is 1.19. The van der Waals surface area contributed by atoms with Crippen molar-refractivity contribution in [1.29, 1.82) is 0 Å². The van der Waals surface area contributed by atoms with E-state index in [0.29, 0.717) is 0 Å². The number of hydrogen-bond acceptors (Lipinski definition) is 0. The van der Waals surface area contributed by atoms with Gasteiger partial charge in [0.15, 0.2) is 0 Å². The molecule has 0 N–H and O–H groups in total. The zero-order valence-corrected chi connectivity index (χ0v) is 21.4. The van der Waals surface area contributed by atoms with E-state index in [-0.39, 0.29) is 0 Å². The van der Waals surface area contributed by atoms with Crippen LogP contribution in [0, 0.1) is 0 Å². The van der Waals surface area contributed by atoms with E-state index in [1.54, 1.807) is 0 Å². The highest BCUT2D eigenvalue weighted by Crippen LogP contribution is 2.38. The average molecular weight is 496 g/mol. The first-order chi connectivity index (χ1) is 19.3. The van der Waals surface area contributed by atoms with Crippen LogP contribution in [0.15, 0.2) is 152 Å². The van der Waals surface area contributed by atoms with Crippen LogP contribution in [-0.2, 0) is 0 Å². The van der Waals surface area contributed by atoms with Gasteiger partial charge in [0, 0.05) is 16.5 Å². The van der Waals surface area contributed by atoms with Gasteiger partial charge in [0.2, 0.25) is 0 Å². The van der Waals surface area contributed by atoms with Crippen LogP contribution in [0.5, 0.6) is 0 Å². The first-order valence-corrected chi connectivity index (χ1v) is 13.4. The van der Waals surface area contributed by atoms with E-state index in [9.17, 15) is 0 Å². The first-order valence-electron chi connectivity index (χ1n) is 13.4. The van der Waals surface area contributed by atoms with Crippen molar-refractivity contribution in [2.45, 2.75) is 0 Å². The number of nitrogens with zero attached hydrogens (tertiary/aromatic N) is 1. The number of rotatable bonds is 3. The minimum atomic E-state index is 1.19. The third kappa shape index (κ3) is 3.55. The Labute approximate surface area is 227 Å². The maximum atomic E-state index is 2.38. The zero-order valence-electron chi connectivity index (χ0n) is 21.4. The summed E-state index contributed by atoms with van der Waals surface area (Å²) in [6, 6.07) is 55.0. The van der Waals surface area contributed by atoms with Crippen molar-refractivity contribution in [1.82, 2.24) is 4.57 Å². The van der Waals surface area contributed by atoms with E-state index < -0.39 is 0 Å². The summed E-state index contributed by atoms with van der Waals surface area (Å²) in [6.07, 6.45) is 0. The molecule has 0 fully saturated rings. The molecule has 0 unspecified atom stereocenters. The van der Waals surface area contributed by atoms with Crippen LogP contribution < -0.4 is 0 Å². The first kappa shape index (κ1) is 21.9. The lowest BCUT2D eigenvalue weighted by Gasteiger charge is -2.10. The van der Waals surface area contributed by atoms with Gasteiger partial charge in [-0.2, -0.15) is 0 Å². The normalized spacial score (nSPS) is 11.6. The standard InChI is InChI=1S/C38H25N/c1-3-9-26(10-4-1)27-15-16-29-24-30(18-17-28(29)23-27)31-19-21-34-32(25-31)20-22-37-38(34)35-13-7-8-14-36(35)39(37)33-11-5-2-6-12-33/h1-25H. The van der Waals surface area contributed by atoms with Crippen LogP contribution in [0.25, 0.3) is 71.3 Å². The summed E-state index contributed by atoms with van der Waals surface area (Å²) in [5.74, 6) is 0. The highest BCUT2D eigenvalue weighted by Gasteiger charge is 2.15. The molecule has 0 radical (unpaired) electrons. The van der Waals surface area contributed by atoms with Crippen molar-refractivity contribution in [3.8, 4) is 27.9 Å². The maximum Gasteiger partial charge on any atom is 0.0547 e. The molecule has 8 aromatic rings. The fourth-order valence-corrected chi connectivity index (χ4v) is 6.07. The van der Waals surface area contributed by atoms with Crippen LogP contribution in [0.1, 0.15) is 0 Å². The fraction of sp³-hybridized carbons (Fsp3) is 0. The minimum Gasteiger partial charge on any atom is -0.309 e. The monoisotopic (exact) mass is 495 g/mol. The molecular formula is C38H25N. The Morgan fingerprint density at radius 1 is 0.333 bits per heavy atom. The number of benzene rings is 7. The molecule has 0 atom stereocenters. The summed E-state index contributed by atoms with van der Waals surface area (Å²) in [6.45, 7) is 0. The van der Waals surface area contributed by atoms with Gasteiger partial charge in [-0.3, -0.25) is 0 Å². The molecule has 1 heteroatoms. The van der Waals surface area contributed by atoms with E-state index in [4.69, 9.17) is 0 Å². The van der Waals surface area contributed by atoms with Gasteiger partial charge in [0.1, 0.15) is 0 Å². The molecule has 0 amide bonds. The molecule has 1 heterocycles. The summed E-state index contributed by atoms with van der Waals surface area (Å²) in [5, 5.41) is 7.66. The van der Waals surface area contributed by atoms with Gasteiger partial charge in [-0.25, -0.2) is 0 Å². The second kappa shape index (κ2) is 8.72. The van der Waals surface area contributed by atoms with Gasteiger partial charge in [-0.15, -0.1) is 0 Å². The van der Waals surface area contributed by atoms with Crippen molar-refractivity contribution in [3.63, 3.8) is 0 Å². The Morgan fingerprint density at radius 2 is 0.897 bits per heavy atom. The van der Waals surface area contributed by atoms with Gasteiger partial charge < -0.3 is 4.57 Å². The lowest BCUT2D eigenvalue weighted by molar-refractivity contribution is 1.18. The Hall–Kier alpha value is -5.14. The molecule has 8 rings (SSSR count). The Kier molecular flexibility index (Phi) is 4.89. The van der Waals surface area contributed by atoms with Gasteiger partial charge >= 0.3 is 0 Å². The predicted octanol–water partition coefficient (Wildman–Crippen LogP) is 10.4. The molecule has 0 aliphatic rings. The Balaban J connectivity index is 1.27. The van der Waals surface area contributed by atoms with Crippen molar-refractivity contribution >= 4 is 43.4 Å². The fourth-order valence-electron chi connectivity index (χ4n) is 6.07. The highest BCUT2D eigenvalue weighted by molar-refractivity contribution is 6.21. The van der Waals surface area contributed by atoms with E-state index >= 15 is 0 Å². The lowest BCUT2D eigenvalue weighted by Crippen LogP contribution is -1.92. The molecule has 1 nitrogen and oxygen atoms in total. The third-order valence-electron chi connectivity index (χ3n) is 7.95. The van der Waals surface area contributed by atoms with Gasteiger partial charge in [-0.1, -0.05) is 109 Å². The smallest absolute Gasteiger partial charge is 0.0547 e. The maximum absolute atomic E-state index is 2.38. The zero-order chi connectivity index (χ0) is 25.8. The largest absolute Gasteiger partial charge is 0.309 e. The summed E-state index contributed by atoms with van der Waals surface area (Å²) < 4.78 is 2.38. The van der Waals surface area contributed by atoms with Crippen LogP contribution in [0.2, 0.25) is 0 Å². The second-order valence-electron chi connectivity index (χ2n) is 10.2. The molecule has 1 aromatic heterocycles. The topological polar surface area (TPSA) is 4.93 Å². The van der Waals surface area contributed by atoms with E-state index in [1.807, 2.05) is 0 Å². The van der Waals surface area contributed by atoms with E-state index in [0.717, 1.165) is 0 Å². The quantitative estimate of drug-likeness (QED) is 0.230. The molecule has 0 spiro atoms. The average Bonchev–Trinajstić information content (AvgIpc) is 3.36. The lowest BCUT2D eigenvalue weighted by atomic mass is 9.95. The predicted molar refractivity (Wildman–Crippen MR) is 167 cm³/mol. The second-order valence-corrected chi connectivity index (χ2v) is 10.2. The number of para-hydroxylation sites is 2. The van der Waals surface area contributed by atoms with Crippen LogP contribution >= 0.6 is 0 Å². The Morgan fingerprint density at radius 3 is 1.64 bits per heavy atom. The van der Waals surface area contributed by atoms with Gasteiger partial charge in [-0.05, 0) is 86.3 Å². The number of hydrogen-bond donors (Lipinski definition) is 0. The molecular weight excluding hydrogens is 470 g/mol. The summed E-state index contributed by atoms with van der Waals surface area (Å²) >= 11 is 0. The molecule has 0 aliphatic carbocycles. The summed E-state index contributed by atoms with van der Waals surface area (Å²) in [4.78, 5) is 0. The number of fused-ring (bicyclic) bond motifs is 6. The van der Waals surface area contributed by atoms with Crippen molar-refractivity contribution in [2.24, 2.45) is 0 Å². The molecule has 0 aliphatic heterocycles. The molecule has 182 valence electrons. The summed E-state index contributed by atoms with van der Waals surface area (Å²) in [7, 11) is 0. The third-order valence-corrected chi connectivity index (χ3v) is 7.95. The van der Waals surface area contributed by atoms with Crippen molar-refractivity contribution < 1.29 is 0 Å². The van der Waals surface area contributed by atoms with Crippen LogP contribution in [0.4, 0.5) is 0 Å². The number of aromatic nitrogens is 1. The Bertz CT molecular complexity index is 2150. The molecule has 0 bridgehead atoms. The molecule has 39 heavy (non-hydrogen) atoms. The van der Waals surface area contributed by atoms with Crippen molar-refractivity contribution in [2.75, 3.05) is 0 Å². The highest BCUT2D eigenvalue weighted by atomic mass is 15.0. The molecule has 0 saturated carbocycles. The van der Waals surface area contributed by atoms with Gasteiger partial charge in [0.05, 0.1) is 11.0 Å². The van der Waals surface area contributed by atoms with Crippen LogP contribution in [0.3, 0.4) is 0 Å². The summed E-state index contributed by atoms with van der Waals surface area (Å²) in [5.41, 5.74) is 8.64. The van der Waals surface area contributed by atoms with E-state index in [1.165, 1.54) is 71.3 Å². The van der Waals surface area contributed by atoms with Crippen LogP contribution in [-0.4, -0.2) is 4.57 Å². The SMILES string of the molecule is c1ccc(-c2ccc3cc(-c4ccc5c(ccc6c5c5ccccc5n6-c5ccccc5)c4)ccc3c2)cc1. The van der Waals surface area contributed by atoms with Gasteiger partial charge in [0.25, 0.3) is 0 Å². The van der Waals surface area contributed by atoms with E-state index in [2.05, 4.69) is 156 Å². The van der Waals surface area contributed by atoms with Crippen molar-refractivity contribution in [3.05, 3.63) is 152 Å². The molecule has 0 saturated heterocycles.